The SMILES string of the molecule is CCOC(=O)C1(NC(=O)[C@@H]2CC(OCc3cc(-c4ccc5c(c4)CCC5)nc4cc(OC)ccc34)CN2C(=O)[C@@H](NC(=O)OC(C)(C)C)C(C)C)CCC1. The first kappa shape index (κ1) is 39.0. The summed E-state index contributed by atoms with van der Waals surface area (Å²) >= 11 is 0. The third kappa shape index (κ3) is 8.48. The Bertz CT molecular complexity index is 1900. The molecule has 0 radical (unpaired) electrons. The normalized spacial score (nSPS) is 19.5. The van der Waals surface area contributed by atoms with Crippen LogP contribution in [0.4, 0.5) is 4.79 Å². The van der Waals surface area contributed by atoms with Gasteiger partial charge in [0, 0.05) is 30.0 Å². The predicted octanol–water partition coefficient (Wildman–Crippen LogP) is 6.04. The Hall–Kier alpha value is -4.71. The fourth-order valence-corrected chi connectivity index (χ4v) is 7.65. The van der Waals surface area contributed by atoms with Crippen LogP contribution in [-0.2, 0) is 48.0 Å². The van der Waals surface area contributed by atoms with Gasteiger partial charge >= 0.3 is 12.1 Å². The molecule has 1 aliphatic heterocycles. The average Bonchev–Trinajstić information content (AvgIpc) is 3.77. The van der Waals surface area contributed by atoms with Gasteiger partial charge in [-0.3, -0.25) is 9.59 Å². The molecule has 1 saturated carbocycles. The number of rotatable bonds is 12. The Morgan fingerprint density at radius 3 is 2.43 bits per heavy atom. The number of carbonyl (C=O) groups excluding carboxylic acids is 4. The number of nitrogens with zero attached hydrogens (tertiary/aromatic N) is 2. The van der Waals surface area contributed by atoms with Crippen LogP contribution in [0.3, 0.4) is 0 Å². The van der Waals surface area contributed by atoms with Gasteiger partial charge in [-0.25, -0.2) is 14.6 Å². The van der Waals surface area contributed by atoms with Crippen molar-refractivity contribution in [3.8, 4) is 17.0 Å². The van der Waals surface area contributed by atoms with E-state index in [-0.39, 0.29) is 32.1 Å². The molecule has 2 aromatic carbocycles. The van der Waals surface area contributed by atoms with Crippen molar-refractivity contribution >= 4 is 34.8 Å². The number of hydrogen-bond acceptors (Lipinski definition) is 9. The first-order valence-electron chi connectivity index (χ1n) is 19.2. The number of alkyl carbamates (subject to hydrolysis) is 1. The molecule has 3 atom stereocenters. The number of likely N-dealkylation sites (tertiary alicyclic amines) is 1. The lowest BCUT2D eigenvalue weighted by atomic mass is 9.76. The molecule has 0 bridgehead atoms. The van der Waals surface area contributed by atoms with Gasteiger partial charge in [0.15, 0.2) is 0 Å². The summed E-state index contributed by atoms with van der Waals surface area (Å²) in [6.07, 6.45) is 3.93. The highest BCUT2D eigenvalue weighted by atomic mass is 16.6. The lowest BCUT2D eigenvalue weighted by Gasteiger charge is -2.41. The van der Waals surface area contributed by atoms with Crippen LogP contribution in [-0.4, -0.2) is 83.3 Å². The molecule has 6 rings (SSSR count). The number of nitrogens with one attached hydrogen (secondary N) is 2. The van der Waals surface area contributed by atoms with Gasteiger partial charge < -0.3 is 34.5 Å². The molecule has 54 heavy (non-hydrogen) atoms. The van der Waals surface area contributed by atoms with Crippen molar-refractivity contribution in [2.45, 2.75) is 122 Å². The monoisotopic (exact) mass is 742 g/mol. The van der Waals surface area contributed by atoms with Crippen LogP contribution in [0, 0.1) is 5.92 Å². The second-order valence-corrected chi connectivity index (χ2v) is 16.1. The van der Waals surface area contributed by atoms with Crippen molar-refractivity contribution in [2.75, 3.05) is 20.3 Å². The van der Waals surface area contributed by atoms with Gasteiger partial charge in [-0.2, -0.15) is 0 Å². The van der Waals surface area contributed by atoms with Gasteiger partial charge in [0.2, 0.25) is 11.8 Å². The van der Waals surface area contributed by atoms with Crippen molar-refractivity contribution in [2.24, 2.45) is 5.92 Å². The number of pyridine rings is 1. The molecular weight excluding hydrogens is 688 g/mol. The van der Waals surface area contributed by atoms with E-state index in [1.54, 1.807) is 34.8 Å². The number of ether oxygens (including phenoxy) is 4. The molecule has 2 fully saturated rings. The highest BCUT2D eigenvalue weighted by Gasteiger charge is 2.50. The summed E-state index contributed by atoms with van der Waals surface area (Å²) < 4.78 is 22.9. The number of benzene rings is 2. The summed E-state index contributed by atoms with van der Waals surface area (Å²) in [5, 5.41) is 6.60. The van der Waals surface area contributed by atoms with Crippen molar-refractivity contribution in [3.05, 3.63) is 59.2 Å². The fraction of sp³-hybridized carbons (Fsp3) is 0.548. The summed E-state index contributed by atoms with van der Waals surface area (Å²) in [5.74, 6) is -0.980. The van der Waals surface area contributed by atoms with Crippen LogP contribution in [0.5, 0.6) is 5.75 Å². The highest BCUT2D eigenvalue weighted by Crippen LogP contribution is 2.35. The standard InChI is InChI=1S/C42H54N4O8/c1-8-52-39(49)42(17-10-18-42)45-37(47)35-22-31(23-46(35)38(48)36(25(2)3)44-40(50)54-41(4,5)6)53-24-29-20-33(28-14-13-26-11-9-12-27(26)19-28)43-34-21-30(51-7)15-16-32(29)34/h13-16,19-21,25,31,35-36H,8-12,17-18,22-24H2,1-7H3,(H,44,50)(H,45,47)/t31?,35-,36-/m0/s1. The minimum absolute atomic E-state index is 0.108. The van der Waals surface area contributed by atoms with Gasteiger partial charge in [-0.05, 0) is 113 Å². The number of hydrogen-bond donors (Lipinski definition) is 2. The second-order valence-electron chi connectivity index (χ2n) is 16.1. The van der Waals surface area contributed by atoms with E-state index < -0.39 is 53.2 Å². The highest BCUT2D eigenvalue weighted by molar-refractivity contribution is 5.95. The maximum Gasteiger partial charge on any atom is 0.408 e. The first-order chi connectivity index (χ1) is 25.7. The van der Waals surface area contributed by atoms with Crippen LogP contribution < -0.4 is 15.4 Å². The van der Waals surface area contributed by atoms with Gasteiger partial charge in [0.1, 0.15) is 29.0 Å². The third-order valence-corrected chi connectivity index (χ3v) is 10.7. The van der Waals surface area contributed by atoms with Crippen molar-refractivity contribution in [1.82, 2.24) is 20.5 Å². The van der Waals surface area contributed by atoms with Crippen LogP contribution in [0.15, 0.2) is 42.5 Å². The number of fused-ring (bicyclic) bond motifs is 2. The van der Waals surface area contributed by atoms with Crippen molar-refractivity contribution in [1.29, 1.82) is 0 Å². The average molecular weight is 743 g/mol. The molecule has 12 nitrogen and oxygen atoms in total. The van der Waals surface area contributed by atoms with E-state index in [1.807, 2.05) is 38.1 Å². The fourth-order valence-electron chi connectivity index (χ4n) is 7.65. The Morgan fingerprint density at radius 1 is 1.00 bits per heavy atom. The Kier molecular flexibility index (Phi) is 11.5. The second kappa shape index (κ2) is 15.9. The summed E-state index contributed by atoms with van der Waals surface area (Å²) in [4.78, 5) is 60.8. The molecule has 3 aromatic rings. The van der Waals surface area contributed by atoms with Gasteiger partial charge in [0.25, 0.3) is 0 Å². The molecule has 2 aliphatic carbocycles. The summed E-state index contributed by atoms with van der Waals surface area (Å²) in [6.45, 7) is 11.1. The van der Waals surface area contributed by atoms with E-state index in [4.69, 9.17) is 23.9 Å². The molecular formula is C42H54N4O8. The number of carbonyl (C=O) groups is 4. The van der Waals surface area contributed by atoms with Crippen molar-refractivity contribution < 1.29 is 38.1 Å². The van der Waals surface area contributed by atoms with E-state index in [1.165, 1.54) is 16.0 Å². The molecule has 2 heterocycles. The quantitative estimate of drug-likeness (QED) is 0.212. The number of aryl methyl sites for hydroxylation is 2. The molecule has 1 unspecified atom stereocenters. The van der Waals surface area contributed by atoms with Crippen LogP contribution in [0.1, 0.15) is 90.3 Å². The van der Waals surface area contributed by atoms with Crippen LogP contribution >= 0.6 is 0 Å². The summed E-state index contributed by atoms with van der Waals surface area (Å²) in [7, 11) is 1.63. The zero-order chi connectivity index (χ0) is 38.8. The molecule has 3 amide bonds. The van der Waals surface area contributed by atoms with Crippen LogP contribution in [0.25, 0.3) is 22.2 Å². The zero-order valence-corrected chi connectivity index (χ0v) is 32.6. The molecule has 2 N–H and O–H groups in total. The van der Waals surface area contributed by atoms with Gasteiger partial charge in [0.05, 0.1) is 37.6 Å². The Morgan fingerprint density at radius 2 is 1.76 bits per heavy atom. The number of methoxy groups -OCH3 is 1. The third-order valence-electron chi connectivity index (χ3n) is 10.7. The zero-order valence-electron chi connectivity index (χ0n) is 32.6. The topological polar surface area (TPSA) is 145 Å². The number of amides is 3. The van der Waals surface area contributed by atoms with E-state index in [2.05, 4.69) is 28.8 Å². The number of aromatic nitrogens is 1. The molecule has 0 spiro atoms. The van der Waals surface area contributed by atoms with E-state index in [0.717, 1.165) is 53.4 Å². The lowest BCUT2D eigenvalue weighted by molar-refractivity contribution is -0.158. The summed E-state index contributed by atoms with van der Waals surface area (Å²) in [6, 6.07) is 12.4. The van der Waals surface area contributed by atoms with Gasteiger partial charge in [-0.15, -0.1) is 0 Å². The minimum atomic E-state index is -1.13. The lowest BCUT2D eigenvalue weighted by Crippen LogP contribution is -2.63. The summed E-state index contributed by atoms with van der Waals surface area (Å²) in [5.41, 5.74) is 4.37. The smallest absolute Gasteiger partial charge is 0.408 e. The van der Waals surface area contributed by atoms with E-state index >= 15 is 0 Å². The number of esters is 1. The maximum absolute atomic E-state index is 14.3. The molecule has 290 valence electrons. The van der Waals surface area contributed by atoms with E-state index in [0.29, 0.717) is 18.6 Å². The van der Waals surface area contributed by atoms with Gasteiger partial charge in [-0.1, -0.05) is 26.0 Å². The Balaban J connectivity index is 1.28. The molecule has 1 aromatic heterocycles. The van der Waals surface area contributed by atoms with Crippen LogP contribution in [0.2, 0.25) is 0 Å². The molecule has 12 heteroatoms. The molecule has 1 saturated heterocycles. The maximum atomic E-state index is 14.3. The Labute approximate surface area is 317 Å². The van der Waals surface area contributed by atoms with Crippen molar-refractivity contribution in [3.63, 3.8) is 0 Å². The predicted molar refractivity (Wildman–Crippen MR) is 204 cm³/mol. The minimum Gasteiger partial charge on any atom is -0.497 e. The molecule has 3 aliphatic rings. The van der Waals surface area contributed by atoms with E-state index in [9.17, 15) is 19.2 Å². The largest absolute Gasteiger partial charge is 0.497 e. The first-order valence-corrected chi connectivity index (χ1v) is 19.2.